The number of ether oxygens (including phenoxy) is 3. The zero-order valence-electron chi connectivity index (χ0n) is 14.4. The van der Waals surface area contributed by atoms with E-state index in [4.69, 9.17) is 14.2 Å². The summed E-state index contributed by atoms with van der Waals surface area (Å²) in [5, 5.41) is 5.50. The molecule has 0 saturated carbocycles. The Morgan fingerprint density at radius 2 is 2.24 bits per heavy atom. The maximum Gasteiger partial charge on any atom is 0.242 e. The Bertz CT molecular complexity index is 628. The van der Waals surface area contributed by atoms with E-state index < -0.39 is 6.04 Å². The van der Waals surface area contributed by atoms with Crippen molar-refractivity contribution >= 4 is 11.8 Å². The molecule has 1 aromatic carbocycles. The van der Waals surface area contributed by atoms with Gasteiger partial charge in [-0.3, -0.25) is 9.59 Å². The van der Waals surface area contributed by atoms with Crippen molar-refractivity contribution < 1.29 is 23.8 Å². The molecule has 0 bridgehead atoms. The van der Waals surface area contributed by atoms with Crippen LogP contribution in [-0.2, 0) is 20.9 Å². The Morgan fingerprint density at radius 1 is 1.36 bits per heavy atom. The second-order valence-electron chi connectivity index (χ2n) is 6.31. The van der Waals surface area contributed by atoms with Crippen LogP contribution in [0.25, 0.3) is 0 Å². The summed E-state index contributed by atoms with van der Waals surface area (Å²) in [5.41, 5.74) is 0.902. The van der Waals surface area contributed by atoms with Crippen LogP contribution in [0.3, 0.4) is 0 Å². The predicted octanol–water partition coefficient (Wildman–Crippen LogP) is 1.15. The van der Waals surface area contributed by atoms with Gasteiger partial charge in [0.05, 0.1) is 13.2 Å². The number of hydrogen-bond donors (Lipinski definition) is 2. The average molecular weight is 348 g/mol. The van der Waals surface area contributed by atoms with E-state index in [1.807, 2.05) is 18.2 Å². The van der Waals surface area contributed by atoms with Crippen molar-refractivity contribution in [3.63, 3.8) is 0 Å². The molecule has 0 aromatic heterocycles. The highest BCUT2D eigenvalue weighted by atomic mass is 16.5. The van der Waals surface area contributed by atoms with Crippen LogP contribution in [0.5, 0.6) is 11.5 Å². The minimum absolute atomic E-state index is 0.0745. The first-order valence-corrected chi connectivity index (χ1v) is 8.64. The summed E-state index contributed by atoms with van der Waals surface area (Å²) in [5.74, 6) is 1.05. The number of carbonyl (C=O) groups is 2. The minimum Gasteiger partial charge on any atom is -0.493 e. The molecule has 2 saturated heterocycles. The lowest BCUT2D eigenvalue weighted by Gasteiger charge is -2.15. The third-order valence-corrected chi connectivity index (χ3v) is 4.46. The maximum atomic E-state index is 12.0. The number of amides is 2. The molecule has 136 valence electrons. The lowest BCUT2D eigenvalue weighted by molar-refractivity contribution is -0.125. The molecule has 0 unspecified atom stereocenters. The van der Waals surface area contributed by atoms with E-state index >= 15 is 0 Å². The van der Waals surface area contributed by atoms with Crippen molar-refractivity contribution in [3.8, 4) is 11.5 Å². The van der Waals surface area contributed by atoms with Crippen molar-refractivity contribution in [1.29, 1.82) is 0 Å². The van der Waals surface area contributed by atoms with Crippen LogP contribution in [0, 0.1) is 0 Å². The molecule has 2 N–H and O–H groups in total. The monoisotopic (exact) mass is 348 g/mol. The molecule has 1 aromatic rings. The minimum atomic E-state index is -0.427. The highest BCUT2D eigenvalue weighted by Crippen LogP contribution is 2.29. The standard InChI is InChI=1S/C18H24N2O5/c1-23-16-9-12(10-19-18(22)14-5-7-17(21)20-14)4-6-15(16)25-11-13-3-2-8-24-13/h4,6,9,13-14H,2-3,5,7-8,10-11H2,1H3,(H,19,22)(H,20,21)/t13-,14-/m0/s1. The largest absolute Gasteiger partial charge is 0.493 e. The molecule has 2 amide bonds. The molecule has 0 aliphatic carbocycles. The van der Waals surface area contributed by atoms with Crippen LogP contribution in [0.1, 0.15) is 31.2 Å². The molecule has 2 aliphatic rings. The molecule has 2 fully saturated rings. The summed E-state index contributed by atoms with van der Waals surface area (Å²) in [6, 6.07) is 5.15. The molecule has 2 heterocycles. The summed E-state index contributed by atoms with van der Waals surface area (Å²) in [4.78, 5) is 23.2. The van der Waals surface area contributed by atoms with Crippen molar-refractivity contribution in [3.05, 3.63) is 23.8 Å². The fraction of sp³-hybridized carbons (Fsp3) is 0.556. The van der Waals surface area contributed by atoms with E-state index in [-0.39, 0.29) is 17.9 Å². The normalized spacial score (nSPS) is 22.5. The second-order valence-corrected chi connectivity index (χ2v) is 6.31. The number of carbonyl (C=O) groups excluding carboxylic acids is 2. The fourth-order valence-electron chi connectivity index (χ4n) is 3.02. The van der Waals surface area contributed by atoms with Crippen LogP contribution >= 0.6 is 0 Å². The SMILES string of the molecule is COc1cc(CNC(=O)[C@@H]2CCC(=O)N2)ccc1OC[C@@H]1CCCO1. The topological polar surface area (TPSA) is 85.9 Å². The first kappa shape index (κ1) is 17.5. The van der Waals surface area contributed by atoms with E-state index in [1.165, 1.54) is 0 Å². The molecule has 0 spiro atoms. The lowest BCUT2D eigenvalue weighted by Crippen LogP contribution is -2.41. The van der Waals surface area contributed by atoms with Crippen LogP contribution in [0.15, 0.2) is 18.2 Å². The smallest absolute Gasteiger partial charge is 0.242 e. The van der Waals surface area contributed by atoms with E-state index in [0.29, 0.717) is 37.5 Å². The van der Waals surface area contributed by atoms with E-state index in [0.717, 1.165) is 25.0 Å². The zero-order chi connectivity index (χ0) is 17.6. The Morgan fingerprint density at radius 3 is 2.92 bits per heavy atom. The third-order valence-electron chi connectivity index (χ3n) is 4.46. The average Bonchev–Trinajstić information content (AvgIpc) is 3.29. The molecule has 25 heavy (non-hydrogen) atoms. The summed E-state index contributed by atoms with van der Waals surface area (Å²) in [7, 11) is 1.59. The molecular formula is C18H24N2O5. The summed E-state index contributed by atoms with van der Waals surface area (Å²) >= 11 is 0. The van der Waals surface area contributed by atoms with Crippen molar-refractivity contribution in [1.82, 2.24) is 10.6 Å². The quantitative estimate of drug-likeness (QED) is 0.772. The fourth-order valence-corrected chi connectivity index (χ4v) is 3.02. The van der Waals surface area contributed by atoms with E-state index in [9.17, 15) is 9.59 Å². The van der Waals surface area contributed by atoms with Gasteiger partial charge in [0.2, 0.25) is 11.8 Å². The van der Waals surface area contributed by atoms with Gasteiger partial charge < -0.3 is 24.8 Å². The highest BCUT2D eigenvalue weighted by molar-refractivity contribution is 5.90. The second kappa shape index (κ2) is 8.20. The number of hydrogen-bond acceptors (Lipinski definition) is 5. The Labute approximate surface area is 147 Å². The van der Waals surface area contributed by atoms with Crippen molar-refractivity contribution in [2.45, 2.75) is 44.4 Å². The van der Waals surface area contributed by atoms with Crippen LogP contribution < -0.4 is 20.1 Å². The molecule has 0 radical (unpaired) electrons. The number of rotatable bonds is 7. The van der Waals surface area contributed by atoms with Gasteiger partial charge in [-0.1, -0.05) is 6.07 Å². The van der Waals surface area contributed by atoms with Gasteiger partial charge in [-0.05, 0) is 37.0 Å². The summed E-state index contributed by atoms with van der Waals surface area (Å²) in [6.07, 6.45) is 3.19. The molecule has 2 atom stereocenters. The molecule has 7 nitrogen and oxygen atoms in total. The van der Waals surface area contributed by atoms with E-state index in [1.54, 1.807) is 7.11 Å². The number of methoxy groups -OCH3 is 1. The van der Waals surface area contributed by atoms with Crippen LogP contribution in [-0.4, -0.2) is 44.3 Å². The summed E-state index contributed by atoms with van der Waals surface area (Å²) in [6.45, 7) is 1.67. The van der Waals surface area contributed by atoms with Gasteiger partial charge in [0, 0.05) is 19.6 Å². The van der Waals surface area contributed by atoms with Crippen molar-refractivity contribution in [2.75, 3.05) is 20.3 Å². The van der Waals surface area contributed by atoms with E-state index in [2.05, 4.69) is 10.6 Å². The molecule has 7 heteroatoms. The van der Waals surface area contributed by atoms with Gasteiger partial charge in [-0.2, -0.15) is 0 Å². The maximum absolute atomic E-state index is 12.0. The van der Waals surface area contributed by atoms with Gasteiger partial charge in [0.15, 0.2) is 11.5 Å². The third kappa shape index (κ3) is 4.63. The molecule has 2 aliphatic heterocycles. The van der Waals surface area contributed by atoms with Crippen LogP contribution in [0.2, 0.25) is 0 Å². The Balaban J connectivity index is 1.53. The Kier molecular flexibility index (Phi) is 5.75. The van der Waals surface area contributed by atoms with Gasteiger partial charge in [0.1, 0.15) is 12.6 Å². The van der Waals surface area contributed by atoms with Gasteiger partial charge in [0.25, 0.3) is 0 Å². The zero-order valence-corrected chi connectivity index (χ0v) is 14.4. The lowest BCUT2D eigenvalue weighted by atomic mass is 10.1. The van der Waals surface area contributed by atoms with Gasteiger partial charge in [-0.15, -0.1) is 0 Å². The number of nitrogens with one attached hydrogen (secondary N) is 2. The Hall–Kier alpha value is -2.28. The summed E-state index contributed by atoms with van der Waals surface area (Å²) < 4.78 is 16.7. The van der Waals surface area contributed by atoms with Gasteiger partial charge >= 0.3 is 0 Å². The van der Waals surface area contributed by atoms with Crippen LogP contribution in [0.4, 0.5) is 0 Å². The predicted molar refractivity (Wildman–Crippen MR) is 90.5 cm³/mol. The molecule has 3 rings (SSSR count). The first-order valence-electron chi connectivity index (χ1n) is 8.64. The van der Waals surface area contributed by atoms with Gasteiger partial charge in [-0.25, -0.2) is 0 Å². The highest BCUT2D eigenvalue weighted by Gasteiger charge is 2.26. The van der Waals surface area contributed by atoms with Crippen molar-refractivity contribution in [2.24, 2.45) is 0 Å². The number of benzene rings is 1. The molecular weight excluding hydrogens is 324 g/mol. The first-order chi connectivity index (χ1) is 12.2.